The lowest BCUT2D eigenvalue weighted by atomic mass is 10.3. The van der Waals surface area contributed by atoms with Crippen molar-refractivity contribution in [2.45, 2.75) is 38.4 Å². The molecule has 0 aromatic carbocycles. The standard InChI is InChI=1S/C11H23NSi/c1-5-8-13(9-6-2)10-12-11(4)7-3/h5-6,11-13H,1-2,7-10H2,3-4H3. The van der Waals surface area contributed by atoms with Gasteiger partial charge in [0, 0.05) is 6.04 Å². The fourth-order valence-electron chi connectivity index (χ4n) is 1.25. The molecule has 0 rings (SSSR count). The van der Waals surface area contributed by atoms with E-state index >= 15 is 0 Å². The van der Waals surface area contributed by atoms with Crippen LogP contribution in [-0.2, 0) is 0 Å². The maximum absolute atomic E-state index is 3.80. The third kappa shape index (κ3) is 6.79. The van der Waals surface area contributed by atoms with Crippen LogP contribution in [0.4, 0.5) is 0 Å². The zero-order chi connectivity index (χ0) is 10.1. The molecule has 1 nitrogen and oxygen atoms in total. The van der Waals surface area contributed by atoms with Gasteiger partial charge in [0.05, 0.1) is 8.80 Å². The van der Waals surface area contributed by atoms with Crippen molar-refractivity contribution in [3.05, 3.63) is 25.3 Å². The molecule has 1 unspecified atom stereocenters. The van der Waals surface area contributed by atoms with Crippen LogP contribution in [0.5, 0.6) is 0 Å². The van der Waals surface area contributed by atoms with Crippen LogP contribution in [0.3, 0.4) is 0 Å². The lowest BCUT2D eigenvalue weighted by Crippen LogP contribution is -2.35. The Bertz CT molecular complexity index is 135. The first-order valence-electron chi connectivity index (χ1n) is 5.19. The van der Waals surface area contributed by atoms with Crippen LogP contribution in [0.2, 0.25) is 12.1 Å². The molecule has 0 aliphatic rings. The van der Waals surface area contributed by atoms with Gasteiger partial charge >= 0.3 is 0 Å². The van der Waals surface area contributed by atoms with Gasteiger partial charge in [-0.15, -0.1) is 13.2 Å². The molecule has 76 valence electrons. The number of allylic oxidation sites excluding steroid dienone is 2. The molecule has 0 bridgehead atoms. The summed E-state index contributed by atoms with van der Waals surface area (Å²) in [5.41, 5.74) is 0. The number of nitrogens with one attached hydrogen (secondary N) is 1. The molecule has 0 aromatic rings. The zero-order valence-corrected chi connectivity index (χ0v) is 10.2. The van der Waals surface area contributed by atoms with Gasteiger partial charge in [0.2, 0.25) is 0 Å². The van der Waals surface area contributed by atoms with Gasteiger partial charge in [0.15, 0.2) is 0 Å². The van der Waals surface area contributed by atoms with E-state index in [1.54, 1.807) is 0 Å². The van der Waals surface area contributed by atoms with Gasteiger partial charge in [0.1, 0.15) is 0 Å². The first-order valence-corrected chi connectivity index (χ1v) is 7.64. The van der Waals surface area contributed by atoms with Gasteiger partial charge in [-0.2, -0.15) is 0 Å². The Morgan fingerprint density at radius 3 is 2.23 bits per heavy atom. The summed E-state index contributed by atoms with van der Waals surface area (Å²) in [5.74, 6) is 0. The maximum atomic E-state index is 3.80. The van der Waals surface area contributed by atoms with Gasteiger partial charge < -0.3 is 5.32 Å². The quantitative estimate of drug-likeness (QED) is 0.466. The maximum Gasteiger partial charge on any atom is 0.0601 e. The van der Waals surface area contributed by atoms with Crippen molar-refractivity contribution in [2.75, 3.05) is 6.17 Å². The van der Waals surface area contributed by atoms with E-state index in [0.717, 1.165) is 0 Å². The number of hydrogen-bond acceptors (Lipinski definition) is 1. The van der Waals surface area contributed by atoms with Crippen LogP contribution >= 0.6 is 0 Å². The fraction of sp³-hybridized carbons (Fsp3) is 0.636. The first kappa shape index (κ1) is 12.7. The molecule has 0 amide bonds. The monoisotopic (exact) mass is 197 g/mol. The van der Waals surface area contributed by atoms with Crippen molar-refractivity contribution in [3.63, 3.8) is 0 Å². The molecular weight excluding hydrogens is 174 g/mol. The highest BCUT2D eigenvalue weighted by Gasteiger charge is 2.07. The van der Waals surface area contributed by atoms with E-state index in [1.165, 1.54) is 24.7 Å². The van der Waals surface area contributed by atoms with Crippen molar-refractivity contribution in [3.8, 4) is 0 Å². The number of rotatable bonds is 8. The van der Waals surface area contributed by atoms with Gasteiger partial charge in [-0.3, -0.25) is 0 Å². The Labute approximate surface area is 84.5 Å². The Balaban J connectivity index is 3.66. The van der Waals surface area contributed by atoms with Crippen LogP contribution in [0.15, 0.2) is 25.3 Å². The summed E-state index contributed by atoms with van der Waals surface area (Å²) in [6, 6.07) is 3.09. The minimum absolute atomic E-state index is 0.651. The minimum atomic E-state index is -0.651. The molecule has 0 aliphatic carbocycles. The smallest absolute Gasteiger partial charge is 0.0601 e. The Morgan fingerprint density at radius 1 is 1.31 bits per heavy atom. The largest absolute Gasteiger partial charge is 0.317 e. The predicted octanol–water partition coefficient (Wildman–Crippen LogP) is 2.51. The Hall–Kier alpha value is -0.343. The van der Waals surface area contributed by atoms with E-state index in [-0.39, 0.29) is 0 Å². The molecule has 0 saturated carbocycles. The summed E-state index contributed by atoms with van der Waals surface area (Å²) in [6.07, 6.45) is 6.54. The molecular formula is C11H23NSi. The molecule has 1 atom stereocenters. The zero-order valence-electron chi connectivity index (χ0n) is 9.05. The van der Waals surface area contributed by atoms with Crippen molar-refractivity contribution < 1.29 is 0 Å². The molecule has 2 heteroatoms. The van der Waals surface area contributed by atoms with Crippen LogP contribution in [0.25, 0.3) is 0 Å². The van der Waals surface area contributed by atoms with Gasteiger partial charge in [-0.05, 0) is 31.6 Å². The normalized spacial score (nSPS) is 12.8. The van der Waals surface area contributed by atoms with E-state index in [9.17, 15) is 0 Å². The topological polar surface area (TPSA) is 12.0 Å². The third-order valence-electron chi connectivity index (χ3n) is 2.37. The third-order valence-corrected chi connectivity index (χ3v) is 5.18. The molecule has 0 aromatic heterocycles. The number of hydrogen-bond donors (Lipinski definition) is 1. The average Bonchev–Trinajstić information content (AvgIpc) is 2.14. The summed E-state index contributed by atoms with van der Waals surface area (Å²) in [6.45, 7) is 12.1. The van der Waals surface area contributed by atoms with Gasteiger partial charge in [0.25, 0.3) is 0 Å². The Kier molecular flexibility index (Phi) is 8.05. The molecule has 0 aliphatic heterocycles. The second-order valence-electron chi connectivity index (χ2n) is 3.63. The molecule has 0 radical (unpaired) electrons. The van der Waals surface area contributed by atoms with E-state index in [1.807, 2.05) is 0 Å². The SMILES string of the molecule is C=CC[SiH](CC=C)CNC(C)CC. The van der Waals surface area contributed by atoms with Crippen LogP contribution in [-0.4, -0.2) is 21.0 Å². The second-order valence-corrected chi connectivity index (χ2v) is 6.72. The molecule has 0 heterocycles. The highest BCUT2D eigenvalue weighted by atomic mass is 28.3. The summed E-state index contributed by atoms with van der Waals surface area (Å²) in [4.78, 5) is 0. The van der Waals surface area contributed by atoms with Crippen molar-refractivity contribution in [1.82, 2.24) is 5.32 Å². The average molecular weight is 197 g/mol. The Morgan fingerprint density at radius 2 is 1.85 bits per heavy atom. The van der Waals surface area contributed by atoms with Crippen molar-refractivity contribution >= 4 is 8.80 Å². The minimum Gasteiger partial charge on any atom is -0.317 e. The molecule has 0 spiro atoms. The predicted molar refractivity (Wildman–Crippen MR) is 64.9 cm³/mol. The van der Waals surface area contributed by atoms with Gasteiger partial charge in [-0.1, -0.05) is 19.1 Å². The van der Waals surface area contributed by atoms with Crippen LogP contribution in [0.1, 0.15) is 20.3 Å². The summed E-state index contributed by atoms with van der Waals surface area (Å²) >= 11 is 0. The van der Waals surface area contributed by atoms with Crippen molar-refractivity contribution in [2.24, 2.45) is 0 Å². The van der Waals surface area contributed by atoms with E-state index in [4.69, 9.17) is 0 Å². The van der Waals surface area contributed by atoms with Crippen molar-refractivity contribution in [1.29, 1.82) is 0 Å². The van der Waals surface area contributed by atoms with E-state index in [0.29, 0.717) is 6.04 Å². The molecule has 13 heavy (non-hydrogen) atoms. The van der Waals surface area contributed by atoms with E-state index in [2.05, 4.69) is 44.5 Å². The lowest BCUT2D eigenvalue weighted by molar-refractivity contribution is 0.577. The summed E-state index contributed by atoms with van der Waals surface area (Å²) < 4.78 is 0. The molecule has 0 fully saturated rings. The summed E-state index contributed by atoms with van der Waals surface area (Å²) in [5, 5.41) is 3.57. The summed E-state index contributed by atoms with van der Waals surface area (Å²) in [7, 11) is -0.651. The fourth-order valence-corrected chi connectivity index (χ4v) is 3.45. The lowest BCUT2D eigenvalue weighted by Gasteiger charge is -2.16. The van der Waals surface area contributed by atoms with E-state index < -0.39 is 8.80 Å². The first-order chi connectivity index (χ1) is 6.24. The highest BCUT2D eigenvalue weighted by molar-refractivity contribution is 6.60. The van der Waals surface area contributed by atoms with Crippen LogP contribution < -0.4 is 5.32 Å². The molecule has 0 saturated heterocycles. The highest BCUT2D eigenvalue weighted by Crippen LogP contribution is 2.00. The molecule has 1 N–H and O–H groups in total. The van der Waals surface area contributed by atoms with Gasteiger partial charge in [-0.25, -0.2) is 0 Å². The van der Waals surface area contributed by atoms with Crippen LogP contribution in [0, 0.1) is 0 Å². The second kappa shape index (κ2) is 8.26.